The Balaban J connectivity index is 2.85. The van der Waals surface area contributed by atoms with E-state index < -0.39 is 43.4 Å². The van der Waals surface area contributed by atoms with Gasteiger partial charge in [-0.05, 0) is 0 Å². The van der Waals surface area contributed by atoms with Crippen LogP contribution < -0.4 is 0 Å². The molecule has 1 aliphatic heterocycles. The molecular weight excluding hydrogens is 220 g/mol. The van der Waals surface area contributed by atoms with Gasteiger partial charge in [-0.2, -0.15) is 0 Å². The maximum Gasteiger partial charge on any atom is 0.334 e. The lowest BCUT2D eigenvalue weighted by Crippen LogP contribution is -2.56. The molecule has 16 heavy (non-hydrogen) atoms. The first-order valence-electron chi connectivity index (χ1n) is 4.44. The van der Waals surface area contributed by atoms with Crippen molar-refractivity contribution in [3.8, 4) is 0 Å². The molecule has 4 amide bonds. The van der Waals surface area contributed by atoms with E-state index in [-0.39, 0.29) is 6.54 Å². The number of carbonyl (C=O) groups excluding carboxylic acids is 3. The molecule has 0 unspecified atom stereocenters. The lowest BCUT2D eigenvalue weighted by molar-refractivity contribution is -0.148. The maximum absolute atomic E-state index is 11.5. The minimum atomic E-state index is -1.35. The van der Waals surface area contributed by atoms with Gasteiger partial charge in [-0.25, -0.2) is 4.79 Å². The molecule has 1 rings (SSSR count). The number of carboxylic acid groups (broad SMARTS) is 1. The summed E-state index contributed by atoms with van der Waals surface area (Å²) in [6, 6.07) is -1.00. The van der Waals surface area contributed by atoms with Gasteiger partial charge >= 0.3 is 12.0 Å². The number of barbiturate groups is 1. The number of nitrogens with zero attached hydrogens (tertiary/aromatic N) is 2. The zero-order valence-electron chi connectivity index (χ0n) is 8.25. The molecule has 88 valence electrons. The van der Waals surface area contributed by atoms with Crippen LogP contribution in [0.4, 0.5) is 4.79 Å². The van der Waals surface area contributed by atoms with Crippen LogP contribution in [0.1, 0.15) is 6.42 Å². The molecule has 1 saturated heterocycles. The minimum absolute atomic E-state index is 0.249. The van der Waals surface area contributed by atoms with Crippen LogP contribution >= 0.6 is 0 Å². The zero-order chi connectivity index (χ0) is 12.3. The highest BCUT2D eigenvalue weighted by atomic mass is 16.4. The summed E-state index contributed by atoms with van der Waals surface area (Å²) in [5, 5.41) is 17.1. The van der Waals surface area contributed by atoms with Crippen LogP contribution in [0.15, 0.2) is 0 Å². The lowest BCUT2D eigenvalue weighted by Gasteiger charge is -2.31. The first-order valence-corrected chi connectivity index (χ1v) is 4.44. The summed E-state index contributed by atoms with van der Waals surface area (Å²) in [5.74, 6) is -2.92. The molecule has 1 aliphatic rings. The predicted molar refractivity (Wildman–Crippen MR) is 48.2 cm³/mol. The van der Waals surface area contributed by atoms with Crippen LogP contribution in [0, 0.1) is 0 Å². The van der Waals surface area contributed by atoms with Gasteiger partial charge in [0.1, 0.15) is 13.0 Å². The van der Waals surface area contributed by atoms with E-state index in [0.717, 1.165) is 0 Å². The molecule has 8 heteroatoms. The smallest absolute Gasteiger partial charge is 0.334 e. The van der Waals surface area contributed by atoms with Crippen LogP contribution in [-0.2, 0) is 14.4 Å². The van der Waals surface area contributed by atoms with E-state index in [1.54, 1.807) is 0 Å². The summed E-state index contributed by atoms with van der Waals surface area (Å²) in [6.45, 7) is -1.47. The highest BCUT2D eigenvalue weighted by molar-refractivity contribution is 6.14. The standard InChI is InChI=1S/C8H10N2O6/c11-2-1-9-5(12)3-6(13)10(8(9)16)4-7(14)15/h11H,1-4H2,(H,14,15). The Morgan fingerprint density at radius 3 is 2.25 bits per heavy atom. The van der Waals surface area contributed by atoms with Crippen molar-refractivity contribution in [2.75, 3.05) is 19.7 Å². The summed E-state index contributed by atoms with van der Waals surface area (Å²) >= 11 is 0. The molecule has 1 heterocycles. The van der Waals surface area contributed by atoms with Crippen LogP contribution in [0.2, 0.25) is 0 Å². The van der Waals surface area contributed by atoms with Crippen LogP contribution in [-0.4, -0.2) is 63.5 Å². The summed E-state index contributed by atoms with van der Waals surface area (Å²) in [6.07, 6.45) is -0.557. The molecule has 1 fully saturated rings. The predicted octanol–water partition coefficient (Wildman–Crippen LogP) is -1.76. The summed E-state index contributed by atoms with van der Waals surface area (Å²) in [4.78, 5) is 45.5. The highest BCUT2D eigenvalue weighted by Crippen LogP contribution is 2.11. The van der Waals surface area contributed by atoms with Gasteiger partial charge < -0.3 is 10.2 Å². The van der Waals surface area contributed by atoms with Gasteiger partial charge in [0.05, 0.1) is 13.2 Å². The number of urea groups is 1. The number of amides is 4. The largest absolute Gasteiger partial charge is 0.480 e. The topological polar surface area (TPSA) is 115 Å². The molecule has 0 saturated carbocycles. The molecule has 2 N–H and O–H groups in total. The van der Waals surface area contributed by atoms with Crippen LogP contribution in [0.5, 0.6) is 0 Å². The fraction of sp³-hybridized carbons (Fsp3) is 0.500. The monoisotopic (exact) mass is 230 g/mol. The van der Waals surface area contributed by atoms with Gasteiger partial charge in [-0.15, -0.1) is 0 Å². The Morgan fingerprint density at radius 1 is 1.19 bits per heavy atom. The van der Waals surface area contributed by atoms with Crippen LogP contribution in [0.25, 0.3) is 0 Å². The fourth-order valence-corrected chi connectivity index (χ4v) is 1.29. The molecule has 8 nitrogen and oxygen atoms in total. The molecular formula is C8H10N2O6. The third kappa shape index (κ3) is 2.34. The minimum Gasteiger partial charge on any atom is -0.480 e. The zero-order valence-corrected chi connectivity index (χ0v) is 8.25. The first kappa shape index (κ1) is 12.1. The van der Waals surface area contributed by atoms with Crippen molar-refractivity contribution in [1.82, 2.24) is 9.80 Å². The first-order chi connectivity index (χ1) is 7.47. The van der Waals surface area contributed by atoms with Crippen molar-refractivity contribution in [3.05, 3.63) is 0 Å². The van der Waals surface area contributed by atoms with Crippen molar-refractivity contribution >= 4 is 23.8 Å². The molecule has 0 aromatic rings. The number of aliphatic carboxylic acids is 1. The molecule has 0 radical (unpaired) electrons. The number of carbonyl (C=O) groups is 4. The Kier molecular flexibility index (Phi) is 3.56. The molecule has 0 aromatic heterocycles. The van der Waals surface area contributed by atoms with E-state index in [0.29, 0.717) is 9.80 Å². The number of imide groups is 2. The third-order valence-corrected chi connectivity index (χ3v) is 1.98. The van der Waals surface area contributed by atoms with Crippen molar-refractivity contribution in [3.63, 3.8) is 0 Å². The number of hydrogen-bond acceptors (Lipinski definition) is 5. The summed E-state index contributed by atoms with van der Waals surface area (Å²) in [5.41, 5.74) is 0. The summed E-state index contributed by atoms with van der Waals surface area (Å²) < 4.78 is 0. The second-order valence-corrected chi connectivity index (χ2v) is 3.10. The number of aliphatic hydroxyl groups is 1. The lowest BCUT2D eigenvalue weighted by atomic mass is 10.2. The van der Waals surface area contributed by atoms with E-state index in [9.17, 15) is 19.2 Å². The van der Waals surface area contributed by atoms with Gasteiger partial charge in [-0.1, -0.05) is 0 Å². The van der Waals surface area contributed by atoms with Crippen molar-refractivity contribution < 1.29 is 29.4 Å². The molecule has 0 atom stereocenters. The Labute approximate surface area is 90.0 Å². The van der Waals surface area contributed by atoms with Gasteiger partial charge in [0.25, 0.3) is 0 Å². The van der Waals surface area contributed by atoms with Crippen molar-refractivity contribution in [1.29, 1.82) is 0 Å². The highest BCUT2D eigenvalue weighted by Gasteiger charge is 2.38. The van der Waals surface area contributed by atoms with Gasteiger partial charge in [-0.3, -0.25) is 24.2 Å². The van der Waals surface area contributed by atoms with E-state index in [1.165, 1.54) is 0 Å². The van der Waals surface area contributed by atoms with Crippen molar-refractivity contribution in [2.45, 2.75) is 6.42 Å². The number of hydrogen-bond donors (Lipinski definition) is 2. The third-order valence-electron chi connectivity index (χ3n) is 1.98. The molecule has 0 bridgehead atoms. The number of carboxylic acids is 1. The van der Waals surface area contributed by atoms with E-state index in [2.05, 4.69) is 0 Å². The average molecular weight is 230 g/mol. The molecule has 0 spiro atoms. The summed E-state index contributed by atoms with van der Waals surface area (Å²) in [7, 11) is 0. The Hall–Kier alpha value is -1.96. The normalized spacial score (nSPS) is 16.9. The van der Waals surface area contributed by atoms with Gasteiger partial charge in [0.15, 0.2) is 0 Å². The molecule has 0 aromatic carbocycles. The quantitative estimate of drug-likeness (QED) is 0.553. The SMILES string of the molecule is O=C(O)CN1C(=O)CC(=O)N(CCO)C1=O. The maximum atomic E-state index is 11.5. The second kappa shape index (κ2) is 4.71. The molecule has 0 aliphatic carbocycles. The fourth-order valence-electron chi connectivity index (χ4n) is 1.29. The number of rotatable bonds is 4. The second-order valence-electron chi connectivity index (χ2n) is 3.10. The Morgan fingerprint density at radius 2 is 1.75 bits per heavy atom. The van der Waals surface area contributed by atoms with Crippen molar-refractivity contribution in [2.24, 2.45) is 0 Å². The number of aliphatic hydroxyl groups excluding tert-OH is 1. The average Bonchev–Trinajstić information content (AvgIpc) is 2.19. The number of β-amino-alcohol motifs (C(OH)–C–C–N with tert-alkyl or cyclic N) is 1. The van der Waals surface area contributed by atoms with Gasteiger partial charge in [0.2, 0.25) is 11.8 Å². The van der Waals surface area contributed by atoms with E-state index in [1.807, 2.05) is 0 Å². The van der Waals surface area contributed by atoms with E-state index >= 15 is 0 Å². The van der Waals surface area contributed by atoms with Gasteiger partial charge in [0, 0.05) is 0 Å². The Bertz CT molecular complexity index is 352. The van der Waals surface area contributed by atoms with Crippen LogP contribution in [0.3, 0.4) is 0 Å². The van der Waals surface area contributed by atoms with E-state index in [4.69, 9.17) is 10.2 Å².